The zero-order valence-electron chi connectivity index (χ0n) is 13.3. The van der Waals surface area contributed by atoms with Crippen molar-refractivity contribution < 1.29 is 4.79 Å². The number of fused-ring (bicyclic) bond motifs is 1. The number of hydrogen-bond donors (Lipinski definition) is 1. The fourth-order valence-electron chi connectivity index (χ4n) is 3.34. The highest BCUT2D eigenvalue weighted by molar-refractivity contribution is 5.80. The van der Waals surface area contributed by atoms with Crippen molar-refractivity contribution in [1.82, 2.24) is 25.0 Å². The van der Waals surface area contributed by atoms with Crippen LogP contribution in [0.15, 0.2) is 18.1 Å². The minimum Gasteiger partial charge on any atom is -0.316 e. The second kappa shape index (κ2) is 7.05. The third-order valence-corrected chi connectivity index (χ3v) is 4.58. The number of carbonyl (C=O) groups excluding carboxylic acids is 1. The van der Waals surface area contributed by atoms with Gasteiger partial charge in [0.2, 0.25) is 5.91 Å². The summed E-state index contributed by atoms with van der Waals surface area (Å²) in [5.41, 5.74) is 1.21. The van der Waals surface area contributed by atoms with E-state index in [0.29, 0.717) is 12.6 Å². The summed E-state index contributed by atoms with van der Waals surface area (Å²) in [6.45, 7) is 4.01. The van der Waals surface area contributed by atoms with Crippen molar-refractivity contribution in [3.05, 3.63) is 23.9 Å². The van der Waals surface area contributed by atoms with Crippen LogP contribution in [0, 0.1) is 0 Å². The Morgan fingerprint density at radius 1 is 1.45 bits per heavy atom. The SMILES string of the molecule is CCN(C(=O)CNC1CCc2ncnn2C1)C1=CCCCC1. The van der Waals surface area contributed by atoms with E-state index < -0.39 is 0 Å². The molecule has 2 aliphatic rings. The van der Waals surface area contributed by atoms with E-state index in [-0.39, 0.29) is 5.91 Å². The van der Waals surface area contributed by atoms with Crippen LogP contribution in [0.25, 0.3) is 0 Å². The molecule has 1 aliphatic heterocycles. The quantitative estimate of drug-likeness (QED) is 0.895. The number of nitrogens with zero attached hydrogens (tertiary/aromatic N) is 4. The average Bonchev–Trinajstić information content (AvgIpc) is 3.02. The Kier molecular flexibility index (Phi) is 4.87. The Morgan fingerprint density at radius 3 is 3.14 bits per heavy atom. The van der Waals surface area contributed by atoms with Gasteiger partial charge in [0.25, 0.3) is 0 Å². The molecule has 0 saturated heterocycles. The van der Waals surface area contributed by atoms with E-state index in [1.165, 1.54) is 18.5 Å². The molecular formula is C16H25N5O. The molecular weight excluding hydrogens is 278 g/mol. The fraction of sp³-hybridized carbons (Fsp3) is 0.688. The molecule has 1 amide bonds. The smallest absolute Gasteiger partial charge is 0.240 e. The van der Waals surface area contributed by atoms with E-state index in [1.54, 1.807) is 6.33 Å². The average molecular weight is 303 g/mol. The molecule has 0 radical (unpaired) electrons. The summed E-state index contributed by atoms with van der Waals surface area (Å²) in [5, 5.41) is 7.62. The molecule has 0 aromatic carbocycles. The first-order chi connectivity index (χ1) is 10.8. The highest BCUT2D eigenvalue weighted by Crippen LogP contribution is 2.21. The predicted molar refractivity (Wildman–Crippen MR) is 84.1 cm³/mol. The van der Waals surface area contributed by atoms with Crippen LogP contribution in [-0.4, -0.2) is 44.7 Å². The van der Waals surface area contributed by atoms with Crippen LogP contribution in [0.3, 0.4) is 0 Å². The van der Waals surface area contributed by atoms with Gasteiger partial charge in [0.05, 0.1) is 13.1 Å². The normalized spacial score (nSPS) is 21.1. The van der Waals surface area contributed by atoms with E-state index in [2.05, 4.69) is 28.4 Å². The second-order valence-electron chi connectivity index (χ2n) is 6.05. The molecule has 0 bridgehead atoms. The molecule has 1 aliphatic carbocycles. The summed E-state index contributed by atoms with van der Waals surface area (Å²) in [6, 6.07) is 0.303. The summed E-state index contributed by atoms with van der Waals surface area (Å²) in [7, 11) is 0. The maximum absolute atomic E-state index is 12.5. The van der Waals surface area contributed by atoms with Gasteiger partial charge in [-0.25, -0.2) is 9.67 Å². The fourth-order valence-corrected chi connectivity index (χ4v) is 3.34. The molecule has 1 unspecified atom stereocenters. The molecule has 6 nitrogen and oxygen atoms in total. The maximum Gasteiger partial charge on any atom is 0.240 e. The monoisotopic (exact) mass is 303 g/mol. The molecule has 0 fully saturated rings. The molecule has 0 saturated carbocycles. The first-order valence-electron chi connectivity index (χ1n) is 8.37. The van der Waals surface area contributed by atoms with Gasteiger partial charge in [-0.05, 0) is 39.0 Å². The highest BCUT2D eigenvalue weighted by atomic mass is 16.2. The molecule has 22 heavy (non-hydrogen) atoms. The van der Waals surface area contributed by atoms with Crippen LogP contribution in [0.1, 0.15) is 44.9 Å². The summed E-state index contributed by atoms with van der Waals surface area (Å²) >= 11 is 0. The summed E-state index contributed by atoms with van der Waals surface area (Å²) in [5.74, 6) is 1.23. The largest absolute Gasteiger partial charge is 0.316 e. The number of likely N-dealkylation sites (N-methyl/N-ethyl adjacent to an activating group) is 1. The van der Waals surface area contributed by atoms with Crippen molar-refractivity contribution in [3.63, 3.8) is 0 Å². The lowest BCUT2D eigenvalue weighted by atomic mass is 10.0. The minimum atomic E-state index is 0.181. The van der Waals surface area contributed by atoms with Gasteiger partial charge in [0.1, 0.15) is 12.2 Å². The summed E-state index contributed by atoms with van der Waals surface area (Å²) < 4.78 is 1.94. The molecule has 1 atom stereocenters. The second-order valence-corrected chi connectivity index (χ2v) is 6.05. The van der Waals surface area contributed by atoms with Gasteiger partial charge in [-0.15, -0.1) is 0 Å². The maximum atomic E-state index is 12.5. The van der Waals surface area contributed by atoms with E-state index in [1.807, 2.05) is 9.58 Å². The van der Waals surface area contributed by atoms with E-state index in [9.17, 15) is 4.79 Å². The Hall–Kier alpha value is -1.69. The lowest BCUT2D eigenvalue weighted by Crippen LogP contribution is -2.44. The van der Waals surface area contributed by atoms with Gasteiger partial charge >= 0.3 is 0 Å². The number of aryl methyl sites for hydroxylation is 1. The lowest BCUT2D eigenvalue weighted by Gasteiger charge is -2.28. The topological polar surface area (TPSA) is 63.1 Å². The number of aromatic nitrogens is 3. The van der Waals surface area contributed by atoms with Gasteiger partial charge in [-0.1, -0.05) is 6.08 Å². The number of amides is 1. The van der Waals surface area contributed by atoms with Crippen molar-refractivity contribution >= 4 is 5.91 Å². The first-order valence-corrected chi connectivity index (χ1v) is 8.37. The molecule has 2 heterocycles. The van der Waals surface area contributed by atoms with E-state index in [0.717, 1.165) is 44.6 Å². The van der Waals surface area contributed by atoms with E-state index >= 15 is 0 Å². The van der Waals surface area contributed by atoms with Crippen LogP contribution in [0.5, 0.6) is 0 Å². The van der Waals surface area contributed by atoms with Crippen molar-refractivity contribution in [1.29, 1.82) is 0 Å². The van der Waals surface area contributed by atoms with Crippen LogP contribution in [0.4, 0.5) is 0 Å². The zero-order chi connectivity index (χ0) is 15.4. The third kappa shape index (κ3) is 3.38. The van der Waals surface area contributed by atoms with Crippen LogP contribution >= 0.6 is 0 Å². The number of nitrogens with one attached hydrogen (secondary N) is 1. The first kappa shape index (κ1) is 15.2. The van der Waals surface area contributed by atoms with Crippen molar-refractivity contribution in [3.8, 4) is 0 Å². The third-order valence-electron chi connectivity index (χ3n) is 4.58. The lowest BCUT2D eigenvalue weighted by molar-refractivity contribution is -0.128. The van der Waals surface area contributed by atoms with Gasteiger partial charge in [-0.2, -0.15) is 5.10 Å². The van der Waals surface area contributed by atoms with Crippen molar-refractivity contribution in [2.75, 3.05) is 13.1 Å². The van der Waals surface area contributed by atoms with Gasteiger partial charge < -0.3 is 10.2 Å². The number of allylic oxidation sites excluding steroid dienone is 2. The summed E-state index contributed by atoms with van der Waals surface area (Å²) in [4.78, 5) is 18.7. The van der Waals surface area contributed by atoms with Crippen molar-refractivity contribution in [2.45, 2.75) is 58.0 Å². The van der Waals surface area contributed by atoms with Crippen LogP contribution in [0.2, 0.25) is 0 Å². The highest BCUT2D eigenvalue weighted by Gasteiger charge is 2.22. The number of rotatable bonds is 5. The molecule has 1 N–H and O–H groups in total. The number of hydrogen-bond acceptors (Lipinski definition) is 4. The zero-order valence-corrected chi connectivity index (χ0v) is 13.3. The van der Waals surface area contributed by atoms with Crippen LogP contribution < -0.4 is 5.32 Å². The minimum absolute atomic E-state index is 0.181. The molecule has 6 heteroatoms. The van der Waals surface area contributed by atoms with Crippen LogP contribution in [-0.2, 0) is 17.8 Å². The molecule has 1 aromatic heterocycles. The molecule has 1 aromatic rings. The summed E-state index contributed by atoms with van der Waals surface area (Å²) in [6.07, 6.45) is 10.4. The van der Waals surface area contributed by atoms with Gasteiger partial charge in [0.15, 0.2) is 0 Å². The molecule has 0 spiro atoms. The van der Waals surface area contributed by atoms with E-state index in [4.69, 9.17) is 0 Å². The predicted octanol–water partition coefficient (Wildman–Crippen LogP) is 1.49. The Labute approximate surface area is 131 Å². The Morgan fingerprint density at radius 2 is 2.36 bits per heavy atom. The van der Waals surface area contributed by atoms with Gasteiger partial charge in [-0.3, -0.25) is 4.79 Å². The standard InChI is InChI=1S/C16H25N5O/c1-2-20(14-6-4-3-5-7-14)16(22)10-17-13-8-9-15-18-12-19-21(15)11-13/h6,12-13,17H,2-5,7-11H2,1H3. The molecule has 120 valence electrons. The Bertz CT molecular complexity index is 550. The van der Waals surface area contributed by atoms with Crippen molar-refractivity contribution in [2.24, 2.45) is 0 Å². The Balaban J connectivity index is 1.52. The molecule has 3 rings (SSSR count). The van der Waals surface area contributed by atoms with Gasteiger partial charge in [0, 0.05) is 24.7 Å². The number of carbonyl (C=O) groups is 1.